The molecule has 2 rings (SSSR count). The van der Waals surface area contributed by atoms with Crippen molar-refractivity contribution in [3.05, 3.63) is 34.9 Å². The van der Waals surface area contributed by atoms with Gasteiger partial charge in [0.25, 0.3) is 0 Å². The van der Waals surface area contributed by atoms with Crippen molar-refractivity contribution in [3.63, 3.8) is 0 Å². The van der Waals surface area contributed by atoms with Crippen molar-refractivity contribution >= 4 is 17.5 Å². The number of aliphatic hydroxyl groups excluding tert-OH is 1. The molecule has 0 radical (unpaired) electrons. The molecule has 1 aromatic carbocycles. The van der Waals surface area contributed by atoms with Gasteiger partial charge in [-0.1, -0.05) is 23.7 Å². The van der Waals surface area contributed by atoms with E-state index < -0.39 is 6.10 Å². The topological polar surface area (TPSA) is 61.4 Å². The molecule has 1 aliphatic rings. The van der Waals surface area contributed by atoms with Crippen LogP contribution in [-0.4, -0.2) is 30.1 Å². The van der Waals surface area contributed by atoms with Gasteiger partial charge in [0.15, 0.2) is 0 Å². The average molecular weight is 283 g/mol. The maximum absolute atomic E-state index is 11.4. The smallest absolute Gasteiger partial charge is 0.221 e. The van der Waals surface area contributed by atoms with Crippen LogP contribution >= 0.6 is 11.6 Å². The lowest BCUT2D eigenvalue weighted by Gasteiger charge is -2.12. The van der Waals surface area contributed by atoms with E-state index in [1.807, 2.05) is 0 Å². The Kier molecular flexibility index (Phi) is 5.19. The van der Waals surface area contributed by atoms with Gasteiger partial charge in [-0.15, -0.1) is 0 Å². The highest BCUT2D eigenvalue weighted by Gasteiger charge is 2.22. The zero-order valence-corrected chi connectivity index (χ0v) is 11.5. The van der Waals surface area contributed by atoms with Crippen molar-refractivity contribution in [1.82, 2.24) is 10.6 Å². The fourth-order valence-electron chi connectivity index (χ4n) is 1.77. The molecule has 4 nitrogen and oxygen atoms in total. The van der Waals surface area contributed by atoms with Gasteiger partial charge >= 0.3 is 0 Å². The fourth-order valence-corrected chi connectivity index (χ4v) is 1.90. The highest BCUT2D eigenvalue weighted by Crippen LogP contribution is 2.18. The van der Waals surface area contributed by atoms with Crippen LogP contribution in [0.2, 0.25) is 5.02 Å². The van der Waals surface area contributed by atoms with Crippen LogP contribution in [0.1, 0.15) is 30.9 Å². The number of benzene rings is 1. The summed E-state index contributed by atoms with van der Waals surface area (Å²) in [5.74, 6) is 0.0796. The molecule has 0 heterocycles. The Balaban J connectivity index is 1.61. The number of amides is 1. The second-order valence-electron chi connectivity index (χ2n) is 4.86. The summed E-state index contributed by atoms with van der Waals surface area (Å²) in [6.07, 6.45) is 2.08. The van der Waals surface area contributed by atoms with Gasteiger partial charge in [0, 0.05) is 30.6 Å². The molecule has 1 aromatic rings. The minimum absolute atomic E-state index is 0.0796. The number of carbonyl (C=O) groups excluding carboxylic acids is 1. The number of carbonyl (C=O) groups is 1. The van der Waals surface area contributed by atoms with E-state index >= 15 is 0 Å². The van der Waals surface area contributed by atoms with E-state index in [1.165, 1.54) is 0 Å². The first-order valence-electron chi connectivity index (χ1n) is 6.59. The molecule has 19 heavy (non-hydrogen) atoms. The minimum atomic E-state index is -0.580. The molecule has 0 aromatic heterocycles. The summed E-state index contributed by atoms with van der Waals surface area (Å²) in [7, 11) is 0. The van der Waals surface area contributed by atoms with Gasteiger partial charge in [-0.2, -0.15) is 0 Å². The third-order valence-electron chi connectivity index (χ3n) is 3.06. The summed E-state index contributed by atoms with van der Waals surface area (Å²) in [5, 5.41) is 16.6. The maximum Gasteiger partial charge on any atom is 0.221 e. The van der Waals surface area contributed by atoms with Crippen LogP contribution in [0, 0.1) is 0 Å². The highest BCUT2D eigenvalue weighted by atomic mass is 35.5. The molecule has 3 N–H and O–H groups in total. The van der Waals surface area contributed by atoms with Crippen LogP contribution in [-0.2, 0) is 4.79 Å². The third kappa shape index (κ3) is 5.19. The number of rotatable bonds is 7. The van der Waals surface area contributed by atoms with Crippen LogP contribution in [0.4, 0.5) is 0 Å². The number of hydrogen-bond donors (Lipinski definition) is 3. The molecule has 1 saturated carbocycles. The van der Waals surface area contributed by atoms with Crippen molar-refractivity contribution < 1.29 is 9.90 Å². The van der Waals surface area contributed by atoms with E-state index in [1.54, 1.807) is 24.3 Å². The molecule has 1 amide bonds. The van der Waals surface area contributed by atoms with Crippen LogP contribution in [0.25, 0.3) is 0 Å². The van der Waals surface area contributed by atoms with Crippen molar-refractivity contribution in [1.29, 1.82) is 0 Å². The first kappa shape index (κ1) is 14.3. The van der Waals surface area contributed by atoms with E-state index in [0.29, 0.717) is 30.6 Å². The van der Waals surface area contributed by atoms with E-state index in [0.717, 1.165) is 18.4 Å². The predicted octanol–water partition coefficient (Wildman–Crippen LogP) is 1.63. The molecule has 1 fully saturated rings. The summed E-state index contributed by atoms with van der Waals surface area (Å²) < 4.78 is 0. The molecule has 1 aliphatic carbocycles. The minimum Gasteiger partial charge on any atom is -0.387 e. The zero-order valence-electron chi connectivity index (χ0n) is 10.7. The molecule has 0 aliphatic heterocycles. The molecule has 1 atom stereocenters. The number of nitrogens with one attached hydrogen (secondary N) is 2. The van der Waals surface area contributed by atoms with Crippen molar-refractivity contribution in [2.45, 2.75) is 31.4 Å². The Morgan fingerprint density at radius 2 is 2.05 bits per heavy atom. The molecule has 0 spiro atoms. The summed E-state index contributed by atoms with van der Waals surface area (Å²) in [4.78, 5) is 11.4. The monoisotopic (exact) mass is 282 g/mol. The Morgan fingerprint density at radius 1 is 1.37 bits per heavy atom. The fraction of sp³-hybridized carbons (Fsp3) is 0.500. The van der Waals surface area contributed by atoms with Gasteiger partial charge in [0.1, 0.15) is 0 Å². The van der Waals surface area contributed by atoms with Crippen LogP contribution in [0.5, 0.6) is 0 Å². The van der Waals surface area contributed by atoms with E-state index in [4.69, 9.17) is 11.6 Å². The van der Waals surface area contributed by atoms with Gasteiger partial charge in [-0.25, -0.2) is 0 Å². The lowest BCUT2D eigenvalue weighted by atomic mass is 10.1. The average Bonchev–Trinajstić information content (AvgIpc) is 3.19. The summed E-state index contributed by atoms with van der Waals surface area (Å²) in [6, 6.07) is 7.52. The van der Waals surface area contributed by atoms with Gasteiger partial charge in [-0.3, -0.25) is 4.79 Å². The first-order chi connectivity index (χ1) is 9.15. The standard InChI is InChI=1S/C14H19ClN2O2/c15-11-3-1-10(2-4-11)13(18)9-16-8-7-14(19)17-12-5-6-12/h1-4,12-13,16,18H,5-9H2,(H,17,19). The largest absolute Gasteiger partial charge is 0.387 e. The van der Waals surface area contributed by atoms with E-state index in [-0.39, 0.29) is 5.91 Å². The molecule has 1 unspecified atom stereocenters. The summed E-state index contributed by atoms with van der Waals surface area (Å²) in [5.41, 5.74) is 0.819. The van der Waals surface area contributed by atoms with Gasteiger partial charge in [0.05, 0.1) is 6.10 Å². The second kappa shape index (κ2) is 6.89. The third-order valence-corrected chi connectivity index (χ3v) is 3.32. The molecule has 0 saturated heterocycles. The zero-order chi connectivity index (χ0) is 13.7. The van der Waals surface area contributed by atoms with Crippen molar-refractivity contribution in [3.8, 4) is 0 Å². The normalized spacial score (nSPS) is 16.1. The molecule has 5 heteroatoms. The van der Waals surface area contributed by atoms with Crippen molar-refractivity contribution in [2.75, 3.05) is 13.1 Å². The van der Waals surface area contributed by atoms with Crippen LogP contribution < -0.4 is 10.6 Å². The molecular weight excluding hydrogens is 264 g/mol. The lowest BCUT2D eigenvalue weighted by molar-refractivity contribution is -0.121. The first-order valence-corrected chi connectivity index (χ1v) is 6.96. The van der Waals surface area contributed by atoms with E-state index in [2.05, 4.69) is 10.6 Å². The Hall–Kier alpha value is -1.10. The lowest BCUT2D eigenvalue weighted by Crippen LogP contribution is -2.30. The molecule has 104 valence electrons. The van der Waals surface area contributed by atoms with Crippen molar-refractivity contribution in [2.24, 2.45) is 0 Å². The van der Waals surface area contributed by atoms with Gasteiger partial charge < -0.3 is 15.7 Å². The Labute approximate surface area is 118 Å². The Morgan fingerprint density at radius 3 is 2.68 bits per heavy atom. The maximum atomic E-state index is 11.4. The molecule has 0 bridgehead atoms. The number of hydrogen-bond acceptors (Lipinski definition) is 3. The second-order valence-corrected chi connectivity index (χ2v) is 5.30. The summed E-state index contributed by atoms with van der Waals surface area (Å²) in [6.45, 7) is 1.00. The van der Waals surface area contributed by atoms with Crippen LogP contribution in [0.3, 0.4) is 0 Å². The number of aliphatic hydroxyl groups is 1. The molecular formula is C14H19ClN2O2. The Bertz CT molecular complexity index is 418. The number of halogens is 1. The quantitative estimate of drug-likeness (QED) is 0.666. The SMILES string of the molecule is O=C(CCNCC(O)c1ccc(Cl)cc1)NC1CC1. The van der Waals surface area contributed by atoms with E-state index in [9.17, 15) is 9.90 Å². The van der Waals surface area contributed by atoms with Crippen LogP contribution in [0.15, 0.2) is 24.3 Å². The predicted molar refractivity (Wildman–Crippen MR) is 75.1 cm³/mol. The summed E-state index contributed by atoms with van der Waals surface area (Å²) >= 11 is 5.78. The highest BCUT2D eigenvalue weighted by molar-refractivity contribution is 6.30. The van der Waals surface area contributed by atoms with Gasteiger partial charge in [-0.05, 0) is 30.5 Å². The van der Waals surface area contributed by atoms with Gasteiger partial charge in [0.2, 0.25) is 5.91 Å².